The smallest absolute Gasteiger partial charge is 0.251 e. The first-order chi connectivity index (χ1) is 8.56. The minimum absolute atomic E-state index is 0. The second-order valence-electron chi connectivity index (χ2n) is 5.07. The monoisotopic (exact) mass is 284 g/mol. The topological polar surface area (TPSA) is 61.4 Å². The van der Waals surface area contributed by atoms with Gasteiger partial charge in [-0.15, -0.1) is 12.4 Å². The van der Waals surface area contributed by atoms with Gasteiger partial charge in [-0.3, -0.25) is 4.79 Å². The predicted molar refractivity (Wildman–Crippen MR) is 77.9 cm³/mol. The SMILES string of the molecule is Cc1cc(C)cc(C(=O)NCC2CNCC2O)c1.Cl. The highest BCUT2D eigenvalue weighted by Crippen LogP contribution is 2.10. The summed E-state index contributed by atoms with van der Waals surface area (Å²) in [6, 6.07) is 5.80. The van der Waals surface area contributed by atoms with Gasteiger partial charge in [-0.25, -0.2) is 0 Å². The maximum Gasteiger partial charge on any atom is 0.251 e. The highest BCUT2D eigenvalue weighted by Gasteiger charge is 2.25. The van der Waals surface area contributed by atoms with Gasteiger partial charge >= 0.3 is 0 Å². The van der Waals surface area contributed by atoms with Crippen molar-refractivity contribution in [3.8, 4) is 0 Å². The van der Waals surface area contributed by atoms with Gasteiger partial charge < -0.3 is 15.7 Å². The highest BCUT2D eigenvalue weighted by atomic mass is 35.5. The molecule has 1 amide bonds. The van der Waals surface area contributed by atoms with E-state index in [2.05, 4.69) is 10.6 Å². The molecule has 0 saturated carbocycles. The van der Waals surface area contributed by atoms with Gasteiger partial charge in [0.1, 0.15) is 0 Å². The summed E-state index contributed by atoms with van der Waals surface area (Å²) in [5.41, 5.74) is 2.86. The minimum Gasteiger partial charge on any atom is -0.391 e. The van der Waals surface area contributed by atoms with Crippen LogP contribution >= 0.6 is 12.4 Å². The number of rotatable bonds is 3. The fourth-order valence-corrected chi connectivity index (χ4v) is 2.36. The van der Waals surface area contributed by atoms with Crippen molar-refractivity contribution in [1.29, 1.82) is 0 Å². The lowest BCUT2D eigenvalue weighted by Gasteiger charge is -2.14. The number of hydrogen-bond acceptors (Lipinski definition) is 3. The van der Waals surface area contributed by atoms with Crippen LogP contribution in [0.4, 0.5) is 0 Å². The third kappa shape index (κ3) is 4.20. The first-order valence-corrected chi connectivity index (χ1v) is 6.31. The van der Waals surface area contributed by atoms with Crippen LogP contribution in [0.1, 0.15) is 21.5 Å². The van der Waals surface area contributed by atoms with E-state index < -0.39 is 0 Å². The molecule has 1 aliphatic rings. The molecule has 1 aromatic carbocycles. The standard InChI is InChI=1S/C14H20N2O2.ClH/c1-9-3-10(2)5-11(4-9)14(18)16-7-12-6-15-8-13(12)17;/h3-5,12-13,15,17H,6-8H2,1-2H3,(H,16,18);1H. The van der Waals surface area contributed by atoms with Crippen LogP contribution in [0, 0.1) is 19.8 Å². The molecule has 0 aromatic heterocycles. The Morgan fingerprint density at radius 2 is 1.95 bits per heavy atom. The molecule has 19 heavy (non-hydrogen) atoms. The van der Waals surface area contributed by atoms with Gasteiger partial charge in [0.05, 0.1) is 6.10 Å². The summed E-state index contributed by atoms with van der Waals surface area (Å²) >= 11 is 0. The lowest BCUT2D eigenvalue weighted by molar-refractivity contribution is 0.0927. The van der Waals surface area contributed by atoms with Gasteiger partial charge in [-0.1, -0.05) is 17.2 Å². The van der Waals surface area contributed by atoms with E-state index in [1.807, 2.05) is 32.0 Å². The molecule has 2 unspecified atom stereocenters. The summed E-state index contributed by atoms with van der Waals surface area (Å²) in [6.07, 6.45) is -0.357. The number of β-amino-alcohol motifs (C(OH)–C–C–N with tert-alkyl or cyclic N) is 1. The van der Waals surface area contributed by atoms with Crippen LogP contribution < -0.4 is 10.6 Å². The molecule has 5 heteroatoms. The molecule has 2 rings (SSSR count). The Labute approximate surface area is 120 Å². The van der Waals surface area contributed by atoms with E-state index in [1.54, 1.807) is 0 Å². The molecular weight excluding hydrogens is 264 g/mol. The molecular formula is C14H21ClN2O2. The number of aliphatic hydroxyl groups is 1. The number of benzene rings is 1. The zero-order chi connectivity index (χ0) is 13.1. The Balaban J connectivity index is 0.00000180. The van der Waals surface area contributed by atoms with E-state index in [4.69, 9.17) is 0 Å². The Morgan fingerprint density at radius 3 is 2.47 bits per heavy atom. The van der Waals surface area contributed by atoms with E-state index in [0.717, 1.165) is 17.7 Å². The molecule has 0 aliphatic carbocycles. The maximum absolute atomic E-state index is 12.0. The molecule has 1 fully saturated rings. The van der Waals surface area contributed by atoms with Crippen LogP contribution in [0.25, 0.3) is 0 Å². The number of nitrogens with one attached hydrogen (secondary N) is 2. The third-order valence-corrected chi connectivity index (χ3v) is 3.31. The van der Waals surface area contributed by atoms with Gasteiger partial charge in [0, 0.05) is 31.1 Å². The van der Waals surface area contributed by atoms with Crippen molar-refractivity contribution in [2.75, 3.05) is 19.6 Å². The fraction of sp³-hybridized carbons (Fsp3) is 0.500. The molecule has 0 bridgehead atoms. The minimum atomic E-state index is -0.357. The average Bonchev–Trinajstić information content (AvgIpc) is 2.70. The quantitative estimate of drug-likeness (QED) is 0.777. The number of carbonyl (C=O) groups excluding carboxylic acids is 1. The van der Waals surface area contributed by atoms with E-state index in [1.165, 1.54) is 0 Å². The van der Waals surface area contributed by atoms with Crippen molar-refractivity contribution in [3.05, 3.63) is 34.9 Å². The van der Waals surface area contributed by atoms with Crippen LogP contribution in [-0.4, -0.2) is 36.8 Å². The number of aryl methyl sites for hydroxylation is 2. The fourth-order valence-electron chi connectivity index (χ4n) is 2.36. The number of amides is 1. The van der Waals surface area contributed by atoms with E-state index in [-0.39, 0.29) is 30.3 Å². The molecule has 0 spiro atoms. The molecule has 106 valence electrons. The summed E-state index contributed by atoms with van der Waals surface area (Å²) in [5, 5.41) is 15.6. The zero-order valence-corrected chi connectivity index (χ0v) is 12.1. The van der Waals surface area contributed by atoms with Crippen molar-refractivity contribution in [3.63, 3.8) is 0 Å². The Bertz CT molecular complexity index is 431. The highest BCUT2D eigenvalue weighted by molar-refractivity contribution is 5.94. The van der Waals surface area contributed by atoms with E-state index in [9.17, 15) is 9.90 Å². The van der Waals surface area contributed by atoms with Gasteiger partial charge in [-0.05, 0) is 26.0 Å². The average molecular weight is 285 g/mol. The van der Waals surface area contributed by atoms with Crippen molar-refractivity contribution < 1.29 is 9.90 Å². The Morgan fingerprint density at radius 1 is 1.32 bits per heavy atom. The van der Waals surface area contributed by atoms with Crippen LogP contribution in [0.15, 0.2) is 18.2 Å². The Kier molecular flexibility index (Phi) is 5.79. The summed E-state index contributed by atoms with van der Waals surface area (Å²) in [5.74, 6) is 0.0424. The van der Waals surface area contributed by atoms with Crippen molar-refractivity contribution in [2.45, 2.75) is 20.0 Å². The number of hydrogen-bond donors (Lipinski definition) is 3. The van der Waals surface area contributed by atoms with Gasteiger partial charge in [0.2, 0.25) is 0 Å². The lowest BCUT2D eigenvalue weighted by atomic mass is 10.0. The lowest BCUT2D eigenvalue weighted by Crippen LogP contribution is -2.34. The van der Waals surface area contributed by atoms with Gasteiger partial charge in [0.15, 0.2) is 0 Å². The van der Waals surface area contributed by atoms with Crippen LogP contribution in [0.2, 0.25) is 0 Å². The number of aliphatic hydroxyl groups excluding tert-OH is 1. The predicted octanol–water partition coefficient (Wildman–Crippen LogP) is 1.04. The summed E-state index contributed by atoms with van der Waals surface area (Å²) in [4.78, 5) is 12.0. The Hall–Kier alpha value is -1.10. The van der Waals surface area contributed by atoms with Crippen LogP contribution in [0.3, 0.4) is 0 Å². The van der Waals surface area contributed by atoms with E-state index in [0.29, 0.717) is 18.7 Å². The largest absolute Gasteiger partial charge is 0.391 e. The van der Waals surface area contributed by atoms with Crippen molar-refractivity contribution >= 4 is 18.3 Å². The first-order valence-electron chi connectivity index (χ1n) is 6.31. The third-order valence-electron chi connectivity index (χ3n) is 3.31. The first kappa shape index (κ1) is 16.0. The van der Waals surface area contributed by atoms with Crippen LogP contribution in [0.5, 0.6) is 0 Å². The molecule has 1 saturated heterocycles. The normalized spacial score (nSPS) is 21.8. The second-order valence-corrected chi connectivity index (χ2v) is 5.07. The number of carbonyl (C=O) groups is 1. The molecule has 1 aliphatic heterocycles. The molecule has 1 aromatic rings. The van der Waals surface area contributed by atoms with Crippen LogP contribution in [-0.2, 0) is 0 Å². The number of halogens is 1. The summed E-state index contributed by atoms with van der Waals surface area (Å²) < 4.78 is 0. The molecule has 0 radical (unpaired) electrons. The molecule has 1 heterocycles. The van der Waals surface area contributed by atoms with Crippen molar-refractivity contribution in [2.24, 2.45) is 5.92 Å². The molecule has 4 nitrogen and oxygen atoms in total. The second kappa shape index (κ2) is 6.89. The summed E-state index contributed by atoms with van der Waals surface area (Å²) in [7, 11) is 0. The summed E-state index contributed by atoms with van der Waals surface area (Å²) in [6.45, 7) is 5.85. The molecule has 3 N–H and O–H groups in total. The molecule has 2 atom stereocenters. The van der Waals surface area contributed by atoms with Gasteiger partial charge in [-0.2, -0.15) is 0 Å². The zero-order valence-electron chi connectivity index (χ0n) is 11.3. The van der Waals surface area contributed by atoms with E-state index >= 15 is 0 Å². The maximum atomic E-state index is 12.0. The van der Waals surface area contributed by atoms with Gasteiger partial charge in [0.25, 0.3) is 5.91 Å². The van der Waals surface area contributed by atoms with Crippen molar-refractivity contribution in [1.82, 2.24) is 10.6 Å².